The van der Waals surface area contributed by atoms with E-state index in [0.717, 1.165) is 0 Å². The first-order valence-electron chi connectivity index (χ1n) is 9.43. The average molecular weight is 489 g/mol. The molecule has 0 unspecified atom stereocenters. The molecule has 2 aromatic heterocycles. The molecule has 0 saturated carbocycles. The molecule has 3 aromatic rings. The smallest absolute Gasteiger partial charge is 0.334 e. The van der Waals surface area contributed by atoms with Crippen LogP contribution in [0, 0.1) is 0 Å². The van der Waals surface area contributed by atoms with Gasteiger partial charge in [0.15, 0.2) is 0 Å². The number of aromatic amines is 1. The molecule has 0 aliphatic rings. The van der Waals surface area contributed by atoms with Gasteiger partial charge in [-0.1, -0.05) is 30.1 Å². The molecule has 0 saturated heterocycles. The fraction of sp³-hybridized carbons (Fsp3) is 0.300. The maximum absolute atomic E-state index is 13.1. The van der Waals surface area contributed by atoms with Gasteiger partial charge in [0.2, 0.25) is 5.91 Å². The van der Waals surface area contributed by atoms with Gasteiger partial charge in [-0.2, -0.15) is 13.2 Å². The Morgan fingerprint density at radius 1 is 1.22 bits per heavy atom. The van der Waals surface area contributed by atoms with Crippen molar-refractivity contribution in [2.24, 2.45) is 0 Å². The van der Waals surface area contributed by atoms with Crippen LogP contribution in [0.4, 0.5) is 13.2 Å². The summed E-state index contributed by atoms with van der Waals surface area (Å²) >= 11 is 11.6. The second kappa shape index (κ2) is 9.33. The van der Waals surface area contributed by atoms with E-state index >= 15 is 0 Å². The molecule has 0 fully saturated rings. The Morgan fingerprint density at radius 3 is 2.59 bits per heavy atom. The van der Waals surface area contributed by atoms with Crippen LogP contribution in [-0.2, 0) is 24.1 Å². The lowest BCUT2D eigenvalue weighted by Crippen LogP contribution is -2.37. The van der Waals surface area contributed by atoms with Crippen LogP contribution in [0.25, 0.3) is 10.9 Å². The van der Waals surface area contributed by atoms with E-state index in [-0.39, 0.29) is 18.9 Å². The molecular weight excluding hydrogens is 472 g/mol. The number of carbonyl (C=O) groups excluding carboxylic acids is 1. The summed E-state index contributed by atoms with van der Waals surface area (Å²) in [6.45, 7) is 1.24. The number of amides is 1. The molecule has 0 bridgehead atoms. The van der Waals surface area contributed by atoms with Crippen molar-refractivity contribution in [1.82, 2.24) is 19.4 Å². The number of carbonyl (C=O) groups is 1. The van der Waals surface area contributed by atoms with Gasteiger partial charge in [-0.15, -0.1) is 0 Å². The van der Waals surface area contributed by atoms with Gasteiger partial charge in [0.05, 0.1) is 23.0 Å². The van der Waals surface area contributed by atoms with Gasteiger partial charge in [0, 0.05) is 17.8 Å². The number of alkyl halides is 3. The monoisotopic (exact) mass is 488 g/mol. The maximum Gasteiger partial charge on any atom is 0.417 e. The van der Waals surface area contributed by atoms with Gasteiger partial charge >= 0.3 is 6.18 Å². The molecular formula is C20H17Cl2F3N4O3. The summed E-state index contributed by atoms with van der Waals surface area (Å²) in [6, 6.07) is 5.09. The zero-order valence-corrected chi connectivity index (χ0v) is 18.2. The second-order valence-electron chi connectivity index (χ2n) is 7.00. The first kappa shape index (κ1) is 23.8. The molecule has 7 nitrogen and oxygen atoms in total. The van der Waals surface area contributed by atoms with Crippen molar-refractivity contribution in [3.63, 3.8) is 0 Å². The summed E-state index contributed by atoms with van der Waals surface area (Å²) in [4.78, 5) is 45.5. The largest absolute Gasteiger partial charge is 0.417 e. The molecule has 3 rings (SSSR count). The fourth-order valence-electron chi connectivity index (χ4n) is 3.10. The van der Waals surface area contributed by atoms with Gasteiger partial charge in [0.1, 0.15) is 17.4 Å². The van der Waals surface area contributed by atoms with Crippen molar-refractivity contribution in [2.75, 3.05) is 6.54 Å². The van der Waals surface area contributed by atoms with E-state index in [4.69, 9.17) is 23.2 Å². The number of hydrogen-bond donors (Lipinski definition) is 1. The van der Waals surface area contributed by atoms with Gasteiger partial charge in [-0.3, -0.25) is 14.4 Å². The van der Waals surface area contributed by atoms with Crippen LogP contribution >= 0.6 is 23.2 Å². The summed E-state index contributed by atoms with van der Waals surface area (Å²) in [5.41, 5.74) is -2.15. The first-order valence-corrected chi connectivity index (χ1v) is 10.2. The number of pyridine rings is 1. The van der Waals surface area contributed by atoms with Gasteiger partial charge in [-0.25, -0.2) is 4.98 Å². The number of H-pyrrole nitrogens is 1. The molecule has 0 radical (unpaired) electrons. The SMILES string of the molecule is CCCN(Cc1nc2cc(Cl)ccc2c(=O)[nH]1)C(=O)Cn1cc(C(F)(F)F)cc(Cl)c1=O. The number of benzene rings is 1. The first-order chi connectivity index (χ1) is 15.0. The topological polar surface area (TPSA) is 88.1 Å². The van der Waals surface area contributed by atoms with Crippen LogP contribution in [-0.4, -0.2) is 31.9 Å². The molecule has 12 heteroatoms. The molecule has 1 amide bonds. The Bertz CT molecular complexity index is 1290. The van der Waals surface area contributed by atoms with Crippen LogP contribution in [0.5, 0.6) is 0 Å². The number of hydrogen-bond acceptors (Lipinski definition) is 4. The number of rotatable bonds is 6. The number of fused-ring (bicyclic) bond motifs is 1. The number of aromatic nitrogens is 3. The Kier molecular flexibility index (Phi) is 6.94. The highest BCUT2D eigenvalue weighted by Gasteiger charge is 2.32. The van der Waals surface area contributed by atoms with Gasteiger partial charge < -0.3 is 14.5 Å². The Balaban J connectivity index is 1.91. The molecule has 2 heterocycles. The van der Waals surface area contributed by atoms with E-state index in [0.29, 0.717) is 39.2 Å². The minimum absolute atomic E-state index is 0.119. The summed E-state index contributed by atoms with van der Waals surface area (Å²) in [5, 5.41) is 0.0487. The summed E-state index contributed by atoms with van der Waals surface area (Å²) in [5.74, 6) is -0.473. The van der Waals surface area contributed by atoms with E-state index in [1.54, 1.807) is 13.0 Å². The van der Waals surface area contributed by atoms with Crippen molar-refractivity contribution in [3.05, 3.63) is 72.6 Å². The zero-order chi connectivity index (χ0) is 23.6. The third-order valence-electron chi connectivity index (χ3n) is 4.58. The highest BCUT2D eigenvalue weighted by Crippen LogP contribution is 2.29. The number of nitrogens with one attached hydrogen (secondary N) is 1. The lowest BCUT2D eigenvalue weighted by atomic mass is 10.2. The highest BCUT2D eigenvalue weighted by molar-refractivity contribution is 6.31. The normalized spacial score (nSPS) is 11.7. The molecule has 1 N–H and O–H groups in total. The quantitative estimate of drug-likeness (QED) is 0.570. The minimum atomic E-state index is -4.74. The summed E-state index contributed by atoms with van der Waals surface area (Å²) in [6.07, 6.45) is -3.66. The Hall–Kier alpha value is -2.85. The fourth-order valence-corrected chi connectivity index (χ4v) is 3.49. The standard InChI is InChI=1S/C20H17Cl2F3N4O3/c1-2-5-28(9-16-26-15-7-12(21)3-4-13(15)18(31)27-16)17(30)10-29-8-11(20(23,24)25)6-14(22)19(29)32/h3-4,6-8H,2,5,9-10H2,1H3,(H,26,27,31). The van der Waals surface area contributed by atoms with Crippen molar-refractivity contribution in [1.29, 1.82) is 0 Å². The van der Waals surface area contributed by atoms with Crippen LogP contribution in [0.1, 0.15) is 24.7 Å². The number of halogens is 5. The van der Waals surface area contributed by atoms with Crippen molar-refractivity contribution < 1.29 is 18.0 Å². The van der Waals surface area contributed by atoms with Crippen molar-refractivity contribution in [3.8, 4) is 0 Å². The van der Waals surface area contributed by atoms with Crippen molar-refractivity contribution >= 4 is 40.0 Å². The number of nitrogens with zero attached hydrogens (tertiary/aromatic N) is 3. The molecule has 32 heavy (non-hydrogen) atoms. The average Bonchev–Trinajstić information content (AvgIpc) is 2.69. The van der Waals surface area contributed by atoms with Gasteiger partial charge in [0.25, 0.3) is 11.1 Å². The van der Waals surface area contributed by atoms with Crippen LogP contribution in [0.2, 0.25) is 10.0 Å². The minimum Gasteiger partial charge on any atom is -0.334 e. The second-order valence-corrected chi connectivity index (χ2v) is 7.84. The van der Waals surface area contributed by atoms with E-state index < -0.39 is 40.3 Å². The molecule has 170 valence electrons. The zero-order valence-electron chi connectivity index (χ0n) is 16.7. The van der Waals surface area contributed by atoms with E-state index in [1.165, 1.54) is 17.0 Å². The van der Waals surface area contributed by atoms with E-state index in [1.807, 2.05) is 0 Å². The molecule has 1 aromatic carbocycles. The van der Waals surface area contributed by atoms with Crippen LogP contribution in [0.15, 0.2) is 40.1 Å². The summed E-state index contributed by atoms with van der Waals surface area (Å²) < 4.78 is 39.8. The lowest BCUT2D eigenvalue weighted by molar-refractivity contribution is -0.139. The van der Waals surface area contributed by atoms with Crippen LogP contribution in [0.3, 0.4) is 0 Å². The van der Waals surface area contributed by atoms with E-state index in [9.17, 15) is 27.6 Å². The molecule has 0 aliphatic carbocycles. The maximum atomic E-state index is 13.1. The Labute approximate surface area is 189 Å². The predicted octanol–water partition coefficient (Wildman–Crippen LogP) is 3.85. The molecule has 0 atom stereocenters. The van der Waals surface area contributed by atoms with Crippen molar-refractivity contribution in [2.45, 2.75) is 32.6 Å². The lowest BCUT2D eigenvalue weighted by Gasteiger charge is -2.22. The predicted molar refractivity (Wildman–Crippen MR) is 114 cm³/mol. The van der Waals surface area contributed by atoms with Crippen LogP contribution < -0.4 is 11.1 Å². The molecule has 0 aliphatic heterocycles. The van der Waals surface area contributed by atoms with Gasteiger partial charge in [-0.05, 0) is 30.7 Å². The van der Waals surface area contributed by atoms with E-state index in [2.05, 4.69) is 9.97 Å². The highest BCUT2D eigenvalue weighted by atomic mass is 35.5. The third kappa shape index (κ3) is 5.31. The Morgan fingerprint density at radius 2 is 1.94 bits per heavy atom. The third-order valence-corrected chi connectivity index (χ3v) is 5.09. The summed E-state index contributed by atoms with van der Waals surface area (Å²) in [7, 11) is 0. The molecule has 0 spiro atoms.